The number of aromatic nitrogens is 3. The fraction of sp³-hybridized carbons (Fsp3) is 0.286. The molecule has 1 aromatic heterocycles. The molecule has 1 amide bonds. The first kappa shape index (κ1) is 22.0. The van der Waals surface area contributed by atoms with Gasteiger partial charge in [-0.25, -0.2) is 4.68 Å². The van der Waals surface area contributed by atoms with Crippen molar-refractivity contribution in [2.45, 2.75) is 36.5 Å². The molecule has 1 aliphatic rings. The van der Waals surface area contributed by atoms with Gasteiger partial charge in [-0.3, -0.25) is 4.79 Å². The molecule has 0 radical (unpaired) electrons. The minimum atomic E-state index is -4.50. The number of ether oxygens (including phenoxy) is 1. The first-order valence-electron chi connectivity index (χ1n) is 9.82. The minimum absolute atomic E-state index is 0.0686. The number of nitrogens with one attached hydrogen (secondary N) is 2. The topological polar surface area (TPSA) is 81.1 Å². The number of rotatable bonds is 5. The number of hydrogen-bond donors (Lipinski definition) is 2. The molecule has 0 saturated heterocycles. The van der Waals surface area contributed by atoms with Gasteiger partial charge in [0.1, 0.15) is 16.8 Å². The van der Waals surface area contributed by atoms with Gasteiger partial charge in [0, 0.05) is 5.69 Å². The van der Waals surface area contributed by atoms with Crippen LogP contribution in [0.5, 0.6) is 5.75 Å². The minimum Gasteiger partial charge on any atom is -0.494 e. The highest BCUT2D eigenvalue weighted by molar-refractivity contribution is 8.00. The Morgan fingerprint density at radius 3 is 2.66 bits per heavy atom. The lowest BCUT2D eigenvalue weighted by Gasteiger charge is -2.32. The van der Waals surface area contributed by atoms with E-state index < -0.39 is 28.9 Å². The molecule has 3 aromatic rings. The summed E-state index contributed by atoms with van der Waals surface area (Å²) in [5.74, 6) is 0.874. The fourth-order valence-electron chi connectivity index (χ4n) is 3.34. The summed E-state index contributed by atoms with van der Waals surface area (Å²) >= 11 is 1.19. The Balaban J connectivity index is 1.62. The lowest BCUT2D eigenvalue weighted by molar-refractivity contribution is -0.137. The Morgan fingerprint density at radius 2 is 1.97 bits per heavy atom. The molecule has 7 nitrogen and oxygen atoms in total. The van der Waals surface area contributed by atoms with Gasteiger partial charge in [0.15, 0.2) is 0 Å². The molecule has 11 heteroatoms. The highest BCUT2D eigenvalue weighted by atomic mass is 32.2. The first-order valence-corrected chi connectivity index (χ1v) is 10.7. The fourth-order valence-corrected chi connectivity index (χ4v) is 4.46. The quantitative estimate of drug-likeness (QED) is 0.584. The average Bonchev–Trinajstić information content (AvgIpc) is 3.13. The number of thioether (sulfide) groups is 1. The van der Waals surface area contributed by atoms with Gasteiger partial charge < -0.3 is 15.5 Å². The monoisotopic (exact) mass is 463 g/mol. The van der Waals surface area contributed by atoms with Crippen molar-refractivity contribution in [1.29, 1.82) is 0 Å². The molecular weight excluding hydrogens is 443 g/mol. The van der Waals surface area contributed by atoms with Crippen molar-refractivity contribution in [3.05, 3.63) is 65.5 Å². The summed E-state index contributed by atoms with van der Waals surface area (Å²) in [6.07, 6.45) is -4.50. The molecule has 32 heavy (non-hydrogen) atoms. The smallest absolute Gasteiger partial charge is 0.416 e. The van der Waals surface area contributed by atoms with E-state index in [9.17, 15) is 18.0 Å². The second kappa shape index (κ2) is 8.73. The van der Waals surface area contributed by atoms with E-state index in [1.165, 1.54) is 23.9 Å². The lowest BCUT2D eigenvalue weighted by Crippen LogP contribution is -2.41. The van der Waals surface area contributed by atoms with Crippen LogP contribution < -0.4 is 15.5 Å². The maximum absolute atomic E-state index is 13.2. The van der Waals surface area contributed by atoms with Gasteiger partial charge in [-0.2, -0.15) is 13.2 Å². The number of benzene rings is 2. The van der Waals surface area contributed by atoms with E-state index in [0.29, 0.717) is 23.3 Å². The van der Waals surface area contributed by atoms with Crippen LogP contribution in [0.2, 0.25) is 0 Å². The maximum atomic E-state index is 13.2. The van der Waals surface area contributed by atoms with Crippen molar-refractivity contribution in [2.24, 2.45) is 0 Å². The second-order valence-corrected chi connectivity index (χ2v) is 8.19. The number of fused-ring (bicyclic) bond motifs is 1. The van der Waals surface area contributed by atoms with Crippen LogP contribution in [0.25, 0.3) is 0 Å². The van der Waals surface area contributed by atoms with E-state index in [4.69, 9.17) is 4.74 Å². The number of aryl methyl sites for hydroxylation is 1. The second-order valence-electron chi connectivity index (χ2n) is 7.08. The van der Waals surface area contributed by atoms with Gasteiger partial charge in [0.05, 0.1) is 18.2 Å². The van der Waals surface area contributed by atoms with Crippen LogP contribution in [-0.4, -0.2) is 32.6 Å². The number of nitrogens with zero attached hydrogens (tertiary/aromatic N) is 3. The van der Waals surface area contributed by atoms with E-state index in [0.717, 1.165) is 17.7 Å². The molecule has 2 unspecified atom stereocenters. The van der Waals surface area contributed by atoms with Gasteiger partial charge in [-0.15, -0.1) is 10.2 Å². The van der Waals surface area contributed by atoms with Crippen molar-refractivity contribution in [3.63, 3.8) is 0 Å². The average molecular weight is 463 g/mol. The first-order chi connectivity index (χ1) is 15.3. The Labute approximate surface area is 186 Å². The van der Waals surface area contributed by atoms with Crippen LogP contribution in [0.4, 0.5) is 18.9 Å². The Morgan fingerprint density at radius 1 is 1.22 bits per heavy atom. The number of hydrogen-bond acceptors (Lipinski definition) is 6. The Kier molecular flexibility index (Phi) is 6.00. The predicted molar refractivity (Wildman–Crippen MR) is 114 cm³/mol. The molecule has 0 aliphatic carbocycles. The van der Waals surface area contributed by atoms with Crippen molar-refractivity contribution >= 4 is 23.4 Å². The highest BCUT2D eigenvalue weighted by Gasteiger charge is 2.38. The van der Waals surface area contributed by atoms with Gasteiger partial charge in [-0.05, 0) is 49.7 Å². The molecular formula is C21H20F3N5O2S. The van der Waals surface area contributed by atoms with Crippen LogP contribution in [0.3, 0.4) is 0 Å². The number of amides is 1. The number of anilines is 1. The maximum Gasteiger partial charge on any atom is 0.416 e. The summed E-state index contributed by atoms with van der Waals surface area (Å²) in [6, 6.07) is 11.4. The molecule has 168 valence electrons. The van der Waals surface area contributed by atoms with Crippen LogP contribution in [-0.2, 0) is 11.0 Å². The van der Waals surface area contributed by atoms with Crippen molar-refractivity contribution in [1.82, 2.24) is 14.9 Å². The van der Waals surface area contributed by atoms with Crippen molar-refractivity contribution in [2.75, 3.05) is 17.3 Å². The molecule has 4 rings (SSSR count). The summed E-state index contributed by atoms with van der Waals surface area (Å²) in [5.41, 5.74) is 3.30. The predicted octanol–water partition coefficient (Wildman–Crippen LogP) is 4.40. The molecule has 2 aromatic carbocycles. The van der Waals surface area contributed by atoms with Crippen LogP contribution in [0.15, 0.2) is 53.7 Å². The van der Waals surface area contributed by atoms with Crippen LogP contribution >= 0.6 is 11.8 Å². The highest BCUT2D eigenvalue weighted by Crippen LogP contribution is 2.38. The number of carbonyl (C=O) groups excluding carboxylic acids is 1. The third-order valence-corrected chi connectivity index (χ3v) is 6.08. The lowest BCUT2D eigenvalue weighted by atomic mass is 10.0. The van der Waals surface area contributed by atoms with E-state index in [1.54, 1.807) is 11.6 Å². The zero-order valence-electron chi connectivity index (χ0n) is 17.2. The summed E-state index contributed by atoms with van der Waals surface area (Å²) in [6.45, 7) is 4.20. The van der Waals surface area contributed by atoms with E-state index in [1.807, 2.05) is 31.2 Å². The number of halogens is 3. The largest absolute Gasteiger partial charge is 0.494 e. The normalized spacial score (nSPS) is 17.9. The molecule has 2 N–H and O–H groups in total. The molecule has 0 spiro atoms. The standard InChI is InChI=1S/C21H20F3N5O2S/c1-3-31-16-9-7-13(8-10-16)17-18(32-20-27-26-12(2)29(20)28-17)19(30)25-15-6-4-5-14(11-15)21(22,23)24/h4-11,17-18,28H,3H2,1-2H3,(H,25,30). The Bertz CT molecular complexity index is 1120. The van der Waals surface area contributed by atoms with Crippen LogP contribution in [0.1, 0.15) is 29.9 Å². The molecule has 2 heterocycles. The molecule has 0 bridgehead atoms. The summed E-state index contributed by atoms with van der Waals surface area (Å²) in [7, 11) is 0. The zero-order chi connectivity index (χ0) is 22.9. The van der Waals surface area contributed by atoms with Crippen molar-refractivity contribution < 1.29 is 22.7 Å². The van der Waals surface area contributed by atoms with Gasteiger partial charge >= 0.3 is 6.18 Å². The van der Waals surface area contributed by atoms with Crippen LogP contribution in [0, 0.1) is 6.92 Å². The molecule has 0 saturated carbocycles. The summed E-state index contributed by atoms with van der Waals surface area (Å²) in [5, 5.41) is 10.5. The number of carbonyl (C=O) groups is 1. The van der Waals surface area contributed by atoms with E-state index in [2.05, 4.69) is 20.9 Å². The summed E-state index contributed by atoms with van der Waals surface area (Å²) in [4.78, 5) is 13.2. The zero-order valence-corrected chi connectivity index (χ0v) is 18.0. The van der Waals surface area contributed by atoms with Gasteiger partial charge in [0.25, 0.3) is 0 Å². The Hall–Kier alpha value is -3.21. The molecule has 0 fully saturated rings. The van der Waals surface area contributed by atoms with E-state index in [-0.39, 0.29) is 5.69 Å². The van der Waals surface area contributed by atoms with E-state index >= 15 is 0 Å². The van der Waals surface area contributed by atoms with Gasteiger partial charge in [0.2, 0.25) is 11.1 Å². The molecule has 1 aliphatic heterocycles. The molecule has 2 atom stereocenters. The third-order valence-electron chi connectivity index (χ3n) is 4.86. The van der Waals surface area contributed by atoms with Gasteiger partial charge in [-0.1, -0.05) is 30.0 Å². The SMILES string of the molecule is CCOc1ccc(C2Nn3c(C)nnc3SC2C(=O)Nc2cccc(C(F)(F)F)c2)cc1. The van der Waals surface area contributed by atoms with Crippen molar-refractivity contribution in [3.8, 4) is 5.75 Å². The third kappa shape index (κ3) is 4.52. The number of alkyl halides is 3. The summed E-state index contributed by atoms with van der Waals surface area (Å²) < 4.78 is 46.3.